The minimum Gasteiger partial charge on any atom is -0.0810 e. The third-order valence-corrected chi connectivity index (χ3v) is 13.4. The molecule has 0 aromatic heterocycles. The van der Waals surface area contributed by atoms with Crippen molar-refractivity contribution in [2.45, 2.75) is 105 Å². The Morgan fingerprint density at radius 3 is 0.773 bits per heavy atom. The predicted octanol–water partition coefficient (Wildman–Crippen LogP) is 8.63. The van der Waals surface area contributed by atoms with Crippen LogP contribution < -0.4 is 0 Å². The maximum absolute atomic E-state index is 2.35. The highest BCUT2D eigenvalue weighted by Gasteiger charge is 2.19. The van der Waals surface area contributed by atoms with Crippen LogP contribution in [-0.4, -0.2) is 24.6 Å². The molecule has 0 amide bonds. The van der Waals surface area contributed by atoms with E-state index in [2.05, 4.69) is 27.7 Å². The van der Waals surface area contributed by atoms with Gasteiger partial charge in [-0.3, -0.25) is 0 Å². The molecule has 0 radical (unpaired) electrons. The van der Waals surface area contributed by atoms with E-state index in [0.29, 0.717) is 15.2 Å². The quantitative estimate of drug-likeness (QED) is 0.183. The zero-order chi connectivity index (χ0) is 16.5. The van der Waals surface area contributed by atoms with Gasteiger partial charge in [-0.2, -0.15) is 0 Å². The molecule has 0 spiro atoms. The molecule has 0 aromatic carbocycles. The summed E-state index contributed by atoms with van der Waals surface area (Å²) in [6.07, 6.45) is 24.0. The second-order valence-electron chi connectivity index (χ2n) is 6.74. The number of hydrogen-bond acceptors (Lipinski definition) is 0. The van der Waals surface area contributed by atoms with Crippen LogP contribution in [0.3, 0.4) is 0 Å². The molecule has 0 unspecified atom stereocenters. The molecule has 0 N–H and O–H groups in total. The Morgan fingerprint density at radius 2 is 0.591 bits per heavy atom. The standard InChI is InChI=1S/C20H44P2/c1-5-9-13-17-21(18-14-10-6-2)22(19-15-11-7-3)20-16-12-8-4/h5-20H2,1-4H3. The number of unbranched alkanes of at least 4 members (excludes halogenated alkanes) is 8. The van der Waals surface area contributed by atoms with Crippen LogP contribution in [0.2, 0.25) is 0 Å². The molecule has 0 aliphatic carbocycles. The lowest BCUT2D eigenvalue weighted by atomic mass is 10.3. The molecule has 0 aliphatic rings. The summed E-state index contributed by atoms with van der Waals surface area (Å²) in [6.45, 7) is 9.41. The minimum atomic E-state index is 0.384. The Balaban J connectivity index is 4.42. The maximum atomic E-state index is 2.35. The predicted molar refractivity (Wildman–Crippen MR) is 111 cm³/mol. The van der Waals surface area contributed by atoms with Crippen LogP contribution in [0.15, 0.2) is 0 Å². The summed E-state index contributed by atoms with van der Waals surface area (Å²) in [5.41, 5.74) is 0. The van der Waals surface area contributed by atoms with Gasteiger partial charge in [0.1, 0.15) is 0 Å². The first kappa shape index (κ1) is 22.9. The third kappa shape index (κ3) is 13.3. The van der Waals surface area contributed by atoms with Gasteiger partial charge in [0.25, 0.3) is 0 Å². The van der Waals surface area contributed by atoms with Crippen molar-refractivity contribution in [1.29, 1.82) is 0 Å². The normalized spacial score (nSPS) is 11.7. The van der Waals surface area contributed by atoms with Crippen LogP contribution in [0, 0.1) is 0 Å². The first-order valence-electron chi connectivity index (χ1n) is 10.3. The van der Waals surface area contributed by atoms with Crippen molar-refractivity contribution >= 4 is 15.2 Å². The highest BCUT2D eigenvalue weighted by molar-refractivity contribution is 8.29. The van der Waals surface area contributed by atoms with Crippen LogP contribution in [0.5, 0.6) is 0 Å². The lowest BCUT2D eigenvalue weighted by molar-refractivity contribution is 0.759. The van der Waals surface area contributed by atoms with Gasteiger partial charge in [-0.15, -0.1) is 0 Å². The van der Waals surface area contributed by atoms with E-state index in [1.54, 1.807) is 24.6 Å². The van der Waals surface area contributed by atoms with Gasteiger partial charge in [0.2, 0.25) is 0 Å². The summed E-state index contributed by atoms with van der Waals surface area (Å²) in [5, 5.41) is 0. The van der Waals surface area contributed by atoms with Crippen molar-refractivity contribution < 1.29 is 0 Å². The average Bonchev–Trinajstić information content (AvgIpc) is 2.53. The smallest absolute Gasteiger partial charge is 0.0287 e. The fourth-order valence-electron chi connectivity index (χ4n) is 2.97. The molecule has 0 nitrogen and oxygen atoms in total. The molecular weight excluding hydrogens is 302 g/mol. The van der Waals surface area contributed by atoms with E-state index in [1.807, 2.05) is 0 Å². The highest BCUT2D eigenvalue weighted by atomic mass is 32.1. The van der Waals surface area contributed by atoms with E-state index in [-0.39, 0.29) is 0 Å². The molecule has 0 atom stereocenters. The lowest BCUT2D eigenvalue weighted by Gasteiger charge is -2.29. The number of rotatable bonds is 17. The average molecular weight is 347 g/mol. The summed E-state index contributed by atoms with van der Waals surface area (Å²) in [4.78, 5) is 0. The van der Waals surface area contributed by atoms with Crippen LogP contribution in [0.25, 0.3) is 0 Å². The van der Waals surface area contributed by atoms with Crippen molar-refractivity contribution in [3.05, 3.63) is 0 Å². The zero-order valence-electron chi connectivity index (χ0n) is 16.2. The van der Waals surface area contributed by atoms with Gasteiger partial charge in [-0.05, 0) is 50.3 Å². The fourth-order valence-corrected chi connectivity index (χ4v) is 12.0. The molecule has 0 aromatic rings. The molecule has 0 bridgehead atoms. The third-order valence-electron chi connectivity index (χ3n) is 4.48. The zero-order valence-corrected chi connectivity index (χ0v) is 18.0. The Bertz CT molecular complexity index is 164. The minimum absolute atomic E-state index is 0.384. The van der Waals surface area contributed by atoms with Crippen molar-refractivity contribution in [3.63, 3.8) is 0 Å². The van der Waals surface area contributed by atoms with Gasteiger partial charge in [-0.1, -0.05) is 94.3 Å². The monoisotopic (exact) mass is 346 g/mol. The van der Waals surface area contributed by atoms with E-state index >= 15 is 0 Å². The Labute approximate surface area is 145 Å². The Hall–Kier alpha value is 0.860. The molecular formula is C20H44P2. The van der Waals surface area contributed by atoms with Gasteiger partial charge in [0.05, 0.1) is 0 Å². The molecule has 22 heavy (non-hydrogen) atoms. The van der Waals surface area contributed by atoms with Crippen molar-refractivity contribution in [1.82, 2.24) is 0 Å². The second kappa shape index (κ2) is 18.2. The molecule has 0 rings (SSSR count). The van der Waals surface area contributed by atoms with Crippen LogP contribution in [0.4, 0.5) is 0 Å². The lowest BCUT2D eigenvalue weighted by Crippen LogP contribution is -1.98. The molecule has 0 aliphatic heterocycles. The summed E-state index contributed by atoms with van der Waals surface area (Å²) in [6, 6.07) is 0. The topological polar surface area (TPSA) is 0 Å². The number of hydrogen-bond donors (Lipinski definition) is 0. The molecule has 0 fully saturated rings. The van der Waals surface area contributed by atoms with E-state index in [4.69, 9.17) is 0 Å². The van der Waals surface area contributed by atoms with Gasteiger partial charge < -0.3 is 0 Å². The summed E-state index contributed by atoms with van der Waals surface area (Å²) in [7, 11) is 0.769. The Kier molecular flexibility index (Phi) is 18.9. The highest BCUT2D eigenvalue weighted by Crippen LogP contribution is 2.70. The second-order valence-corrected chi connectivity index (χ2v) is 13.9. The van der Waals surface area contributed by atoms with Crippen molar-refractivity contribution in [2.24, 2.45) is 0 Å². The SMILES string of the molecule is CCCCCP(CCCCC)P(CCCCC)CCCCC. The van der Waals surface area contributed by atoms with Crippen LogP contribution in [0.1, 0.15) is 105 Å². The van der Waals surface area contributed by atoms with E-state index in [1.165, 1.54) is 77.0 Å². The van der Waals surface area contributed by atoms with E-state index < -0.39 is 0 Å². The summed E-state index contributed by atoms with van der Waals surface area (Å²) < 4.78 is 0. The van der Waals surface area contributed by atoms with Crippen molar-refractivity contribution in [2.75, 3.05) is 24.6 Å². The van der Waals surface area contributed by atoms with Gasteiger partial charge in [-0.25, -0.2) is 0 Å². The van der Waals surface area contributed by atoms with Gasteiger partial charge in [0, 0.05) is 0 Å². The van der Waals surface area contributed by atoms with Gasteiger partial charge >= 0.3 is 0 Å². The van der Waals surface area contributed by atoms with E-state index in [9.17, 15) is 0 Å². The summed E-state index contributed by atoms with van der Waals surface area (Å²) in [5.74, 6) is 0. The van der Waals surface area contributed by atoms with Crippen LogP contribution in [-0.2, 0) is 0 Å². The largest absolute Gasteiger partial charge is 0.0810 e. The Morgan fingerprint density at radius 1 is 0.364 bits per heavy atom. The van der Waals surface area contributed by atoms with Gasteiger partial charge in [0.15, 0.2) is 0 Å². The molecule has 2 heteroatoms. The molecule has 0 heterocycles. The summed E-state index contributed by atoms with van der Waals surface area (Å²) >= 11 is 0. The van der Waals surface area contributed by atoms with E-state index in [0.717, 1.165) is 0 Å². The van der Waals surface area contributed by atoms with Crippen LogP contribution >= 0.6 is 15.2 Å². The molecule has 0 saturated heterocycles. The molecule has 0 saturated carbocycles. The van der Waals surface area contributed by atoms with Crippen molar-refractivity contribution in [3.8, 4) is 0 Å². The first-order valence-corrected chi connectivity index (χ1v) is 14.4. The maximum Gasteiger partial charge on any atom is -0.0287 e. The first-order chi connectivity index (χ1) is 10.8. The fraction of sp³-hybridized carbons (Fsp3) is 1.00. The molecule has 134 valence electrons.